The van der Waals surface area contributed by atoms with Gasteiger partial charge in [-0.15, -0.1) is 0 Å². The number of benzene rings is 1. The van der Waals surface area contributed by atoms with E-state index < -0.39 is 6.04 Å². The number of pyridine rings is 1. The van der Waals surface area contributed by atoms with Gasteiger partial charge in [0.25, 0.3) is 0 Å². The molecule has 4 atom stereocenters. The van der Waals surface area contributed by atoms with Gasteiger partial charge < -0.3 is 10.6 Å². The van der Waals surface area contributed by atoms with Gasteiger partial charge in [-0.05, 0) is 42.9 Å². The lowest BCUT2D eigenvalue weighted by Gasteiger charge is -2.23. The van der Waals surface area contributed by atoms with Gasteiger partial charge in [0, 0.05) is 24.2 Å². The minimum atomic E-state index is -0.549. The van der Waals surface area contributed by atoms with Crippen molar-refractivity contribution in [3.8, 4) is 23.4 Å². The number of nitrogens with one attached hydrogen (secondary N) is 2. The van der Waals surface area contributed by atoms with Gasteiger partial charge in [-0.3, -0.25) is 9.78 Å². The van der Waals surface area contributed by atoms with E-state index in [9.17, 15) is 10.1 Å². The lowest BCUT2D eigenvalue weighted by molar-refractivity contribution is -0.124. The Morgan fingerprint density at radius 3 is 2.61 bits per heavy atom. The number of nitriles is 2. The van der Waals surface area contributed by atoms with Crippen molar-refractivity contribution in [1.29, 1.82) is 10.5 Å². The second-order valence-corrected chi connectivity index (χ2v) is 7.55. The van der Waals surface area contributed by atoms with Gasteiger partial charge in [0.15, 0.2) is 0 Å². The van der Waals surface area contributed by atoms with E-state index in [4.69, 9.17) is 5.26 Å². The SMILES string of the molecule is N#Cc1ccc(-c2ccc(C[C@@H](C#N)NC(=O)[C@H]3N[C@@H]4CC[C@H]3C4)cc2)nc1. The van der Waals surface area contributed by atoms with Crippen molar-refractivity contribution < 1.29 is 4.79 Å². The second kappa shape index (κ2) is 7.80. The molecule has 0 unspecified atom stereocenters. The molecule has 2 heterocycles. The maximum absolute atomic E-state index is 12.5. The molecule has 1 amide bonds. The predicted molar refractivity (Wildman–Crippen MR) is 104 cm³/mol. The van der Waals surface area contributed by atoms with E-state index in [2.05, 4.69) is 27.8 Å². The summed E-state index contributed by atoms with van der Waals surface area (Å²) >= 11 is 0. The Morgan fingerprint density at radius 2 is 2.04 bits per heavy atom. The number of aromatic nitrogens is 1. The first-order valence-electron chi connectivity index (χ1n) is 9.58. The van der Waals surface area contributed by atoms with E-state index in [1.54, 1.807) is 12.3 Å². The Balaban J connectivity index is 1.37. The van der Waals surface area contributed by atoms with Crippen LogP contribution in [0.5, 0.6) is 0 Å². The summed E-state index contributed by atoms with van der Waals surface area (Å²) in [5.74, 6) is 0.348. The standard InChI is InChI=1S/C22H21N5O/c23-11-15-3-8-20(25-13-15)16-4-1-14(2-5-16)9-19(12-24)27-22(28)21-17-6-7-18(10-17)26-21/h1-5,8,13,17-19,21,26H,6-7,9-10H2,(H,27,28)/t17-,18+,19-,21-/m0/s1. The van der Waals surface area contributed by atoms with E-state index >= 15 is 0 Å². The lowest BCUT2D eigenvalue weighted by Crippen LogP contribution is -2.50. The van der Waals surface area contributed by atoms with Crippen molar-refractivity contribution in [3.05, 3.63) is 53.7 Å². The van der Waals surface area contributed by atoms with Crippen LogP contribution >= 0.6 is 0 Å². The van der Waals surface area contributed by atoms with Crippen LogP contribution in [0.15, 0.2) is 42.6 Å². The topological polar surface area (TPSA) is 102 Å². The zero-order chi connectivity index (χ0) is 19.5. The molecule has 2 fully saturated rings. The fourth-order valence-corrected chi connectivity index (χ4v) is 4.22. The number of hydrogen-bond donors (Lipinski definition) is 2. The summed E-state index contributed by atoms with van der Waals surface area (Å²) in [6.07, 6.45) is 5.33. The minimum Gasteiger partial charge on any atom is -0.339 e. The number of rotatable bonds is 5. The third kappa shape index (κ3) is 3.74. The molecule has 1 saturated heterocycles. The monoisotopic (exact) mass is 371 g/mol. The molecule has 2 N–H and O–H groups in total. The van der Waals surface area contributed by atoms with E-state index in [-0.39, 0.29) is 11.9 Å². The summed E-state index contributed by atoms with van der Waals surface area (Å²) in [6.45, 7) is 0. The average molecular weight is 371 g/mol. The van der Waals surface area contributed by atoms with E-state index in [1.807, 2.05) is 30.3 Å². The fraction of sp³-hybridized carbons (Fsp3) is 0.364. The zero-order valence-corrected chi connectivity index (χ0v) is 15.4. The van der Waals surface area contributed by atoms with Crippen LogP contribution in [0.2, 0.25) is 0 Å². The van der Waals surface area contributed by atoms with Crippen LogP contribution in [0.3, 0.4) is 0 Å². The summed E-state index contributed by atoms with van der Waals surface area (Å²) in [5, 5.41) is 24.6. The Labute approximate surface area is 164 Å². The van der Waals surface area contributed by atoms with Gasteiger partial charge in [-0.25, -0.2) is 0 Å². The van der Waals surface area contributed by atoms with Gasteiger partial charge in [0.05, 0.1) is 23.4 Å². The van der Waals surface area contributed by atoms with Crippen LogP contribution in [0.25, 0.3) is 11.3 Å². The summed E-state index contributed by atoms with van der Waals surface area (Å²) in [5.41, 5.74) is 3.23. The number of hydrogen-bond acceptors (Lipinski definition) is 5. The van der Waals surface area contributed by atoms with Crippen molar-refractivity contribution in [3.63, 3.8) is 0 Å². The summed E-state index contributed by atoms with van der Waals surface area (Å²) in [7, 11) is 0. The van der Waals surface area contributed by atoms with Gasteiger partial charge in [0.2, 0.25) is 5.91 Å². The van der Waals surface area contributed by atoms with Gasteiger partial charge in [-0.1, -0.05) is 24.3 Å². The zero-order valence-electron chi connectivity index (χ0n) is 15.4. The largest absolute Gasteiger partial charge is 0.339 e. The molecular formula is C22H21N5O. The first-order chi connectivity index (χ1) is 13.7. The van der Waals surface area contributed by atoms with Crippen LogP contribution in [0, 0.1) is 28.6 Å². The number of nitrogens with zero attached hydrogens (tertiary/aromatic N) is 3. The Hall–Kier alpha value is -3.22. The summed E-state index contributed by atoms with van der Waals surface area (Å²) < 4.78 is 0. The molecule has 1 saturated carbocycles. The molecule has 6 heteroatoms. The number of amides is 1. The van der Waals surface area contributed by atoms with Crippen molar-refractivity contribution in [2.24, 2.45) is 5.92 Å². The Morgan fingerprint density at radius 1 is 1.21 bits per heavy atom. The van der Waals surface area contributed by atoms with Crippen LogP contribution in [-0.2, 0) is 11.2 Å². The van der Waals surface area contributed by atoms with Crippen molar-refractivity contribution in [2.45, 2.75) is 43.8 Å². The van der Waals surface area contributed by atoms with Gasteiger partial charge in [-0.2, -0.15) is 10.5 Å². The second-order valence-electron chi connectivity index (χ2n) is 7.55. The van der Waals surface area contributed by atoms with Crippen LogP contribution in [-0.4, -0.2) is 29.0 Å². The van der Waals surface area contributed by atoms with E-state index in [0.717, 1.165) is 36.1 Å². The number of carbonyl (C=O) groups excluding carboxylic acids is 1. The molecule has 6 nitrogen and oxygen atoms in total. The highest BCUT2D eigenvalue weighted by atomic mass is 16.2. The van der Waals surface area contributed by atoms with Crippen molar-refractivity contribution in [2.75, 3.05) is 0 Å². The molecule has 4 rings (SSSR count). The van der Waals surface area contributed by atoms with Crippen LogP contribution < -0.4 is 10.6 Å². The molecule has 0 spiro atoms. The van der Waals surface area contributed by atoms with E-state index in [1.165, 1.54) is 0 Å². The van der Waals surface area contributed by atoms with Gasteiger partial charge in [0.1, 0.15) is 12.1 Å². The molecule has 2 aromatic rings. The predicted octanol–water partition coefficient (Wildman–Crippen LogP) is 2.31. The minimum absolute atomic E-state index is 0.0582. The maximum Gasteiger partial charge on any atom is 0.238 e. The quantitative estimate of drug-likeness (QED) is 0.840. The number of piperidine rings is 1. The first kappa shape index (κ1) is 18.2. The Bertz CT molecular complexity index is 939. The summed E-state index contributed by atoms with van der Waals surface area (Å²) in [6, 6.07) is 15.3. The molecule has 28 heavy (non-hydrogen) atoms. The fourth-order valence-electron chi connectivity index (χ4n) is 4.22. The highest BCUT2D eigenvalue weighted by Gasteiger charge is 2.42. The first-order valence-corrected chi connectivity index (χ1v) is 9.58. The van der Waals surface area contributed by atoms with Crippen molar-refractivity contribution in [1.82, 2.24) is 15.6 Å². The molecule has 1 aromatic heterocycles. The lowest BCUT2D eigenvalue weighted by atomic mass is 9.98. The van der Waals surface area contributed by atoms with Crippen molar-refractivity contribution >= 4 is 5.91 Å². The smallest absolute Gasteiger partial charge is 0.238 e. The maximum atomic E-state index is 12.5. The summed E-state index contributed by atoms with van der Waals surface area (Å²) in [4.78, 5) is 16.8. The average Bonchev–Trinajstić information content (AvgIpc) is 3.37. The molecule has 1 aliphatic heterocycles. The highest BCUT2D eigenvalue weighted by molar-refractivity contribution is 5.83. The van der Waals surface area contributed by atoms with E-state index in [0.29, 0.717) is 23.9 Å². The molecule has 2 aliphatic rings. The number of carbonyl (C=O) groups is 1. The number of fused-ring (bicyclic) bond motifs is 2. The molecule has 0 radical (unpaired) electrons. The van der Waals surface area contributed by atoms with Gasteiger partial charge >= 0.3 is 0 Å². The normalized spacial score (nSPS) is 23.6. The molecule has 1 aliphatic carbocycles. The molecule has 1 aromatic carbocycles. The molecular weight excluding hydrogens is 350 g/mol. The third-order valence-corrected chi connectivity index (χ3v) is 5.70. The molecule has 2 bridgehead atoms. The third-order valence-electron chi connectivity index (χ3n) is 5.70. The highest BCUT2D eigenvalue weighted by Crippen LogP contribution is 2.35. The van der Waals surface area contributed by atoms with Crippen LogP contribution in [0.1, 0.15) is 30.4 Å². The Kier molecular flexibility index (Phi) is 5.06. The van der Waals surface area contributed by atoms with Crippen LogP contribution in [0.4, 0.5) is 0 Å². The molecule has 140 valence electrons.